The molecule has 2 aromatic carbocycles. The van der Waals surface area contributed by atoms with E-state index in [2.05, 4.69) is 5.10 Å². The number of carbonyl (C=O) groups is 2. The minimum absolute atomic E-state index is 0.316. The summed E-state index contributed by atoms with van der Waals surface area (Å²) in [6, 6.07) is 19.1. The van der Waals surface area contributed by atoms with Gasteiger partial charge in [-0.1, -0.05) is 42.5 Å². The van der Waals surface area contributed by atoms with Crippen LogP contribution in [0.1, 0.15) is 21.7 Å². The van der Waals surface area contributed by atoms with E-state index < -0.39 is 5.97 Å². The zero-order valence-electron chi connectivity index (χ0n) is 15.4. The Labute approximate surface area is 171 Å². The molecule has 0 N–H and O–H groups in total. The summed E-state index contributed by atoms with van der Waals surface area (Å²) in [7, 11) is 0. The number of halogens is 1. The molecular weight excluding hydrogens is 391 g/mol. The Hall–Kier alpha value is -3.32. The molecule has 2 heterocycles. The third-order valence-corrected chi connectivity index (χ3v) is 5.57. The highest BCUT2D eigenvalue weighted by Crippen LogP contribution is 2.28. The van der Waals surface area contributed by atoms with Crippen molar-refractivity contribution < 1.29 is 18.7 Å². The summed E-state index contributed by atoms with van der Waals surface area (Å²) in [5.41, 5.74) is 2.63. The molecule has 0 unspecified atom stereocenters. The summed E-state index contributed by atoms with van der Waals surface area (Å²) in [6.07, 6.45) is 0.662. The number of thiophene rings is 1. The molecule has 29 heavy (non-hydrogen) atoms. The average molecular weight is 408 g/mol. The quantitative estimate of drug-likeness (QED) is 0.590. The van der Waals surface area contributed by atoms with Gasteiger partial charge in [0.15, 0.2) is 6.61 Å². The fraction of sp³-hybridized carbons (Fsp3) is 0.136. The van der Waals surface area contributed by atoms with Crippen LogP contribution in [-0.2, 0) is 9.53 Å². The molecule has 0 atom stereocenters. The molecule has 3 aromatic rings. The van der Waals surface area contributed by atoms with Gasteiger partial charge in [0.05, 0.1) is 12.3 Å². The van der Waals surface area contributed by atoms with E-state index in [1.54, 1.807) is 24.3 Å². The zero-order valence-corrected chi connectivity index (χ0v) is 16.2. The smallest absolute Gasteiger partial charge is 0.348 e. The maximum absolute atomic E-state index is 13.0. The van der Waals surface area contributed by atoms with E-state index >= 15 is 0 Å². The van der Waals surface area contributed by atoms with E-state index in [0.29, 0.717) is 17.8 Å². The molecule has 0 radical (unpaired) electrons. The van der Waals surface area contributed by atoms with Crippen LogP contribution in [0, 0.1) is 5.82 Å². The fourth-order valence-electron chi connectivity index (χ4n) is 2.96. The number of ether oxygens (including phenoxy) is 1. The first-order valence-corrected chi connectivity index (χ1v) is 9.88. The van der Waals surface area contributed by atoms with Crippen LogP contribution in [0.15, 0.2) is 71.8 Å². The van der Waals surface area contributed by atoms with Gasteiger partial charge >= 0.3 is 5.97 Å². The van der Waals surface area contributed by atoms with Crippen LogP contribution in [0.3, 0.4) is 0 Å². The molecule has 0 spiro atoms. The summed E-state index contributed by atoms with van der Waals surface area (Å²) in [5, 5.41) is 5.68. The first-order chi connectivity index (χ1) is 14.1. The highest BCUT2D eigenvalue weighted by atomic mass is 32.1. The first-order valence-electron chi connectivity index (χ1n) is 9.06. The van der Waals surface area contributed by atoms with Gasteiger partial charge in [0.2, 0.25) is 0 Å². The monoisotopic (exact) mass is 408 g/mol. The van der Waals surface area contributed by atoms with Gasteiger partial charge in [0.25, 0.3) is 5.91 Å². The molecule has 146 valence electrons. The van der Waals surface area contributed by atoms with Crippen molar-refractivity contribution in [1.82, 2.24) is 5.01 Å². The lowest BCUT2D eigenvalue weighted by Gasteiger charge is -2.11. The average Bonchev–Trinajstić information content (AvgIpc) is 3.43. The highest BCUT2D eigenvalue weighted by molar-refractivity contribution is 7.17. The third-order valence-electron chi connectivity index (χ3n) is 4.46. The van der Waals surface area contributed by atoms with E-state index in [1.807, 2.05) is 30.3 Å². The van der Waals surface area contributed by atoms with Crippen molar-refractivity contribution in [2.75, 3.05) is 13.2 Å². The van der Waals surface area contributed by atoms with Crippen molar-refractivity contribution in [3.8, 4) is 10.4 Å². The number of nitrogens with zero attached hydrogens (tertiary/aromatic N) is 2. The molecule has 7 heteroatoms. The van der Waals surface area contributed by atoms with Crippen LogP contribution < -0.4 is 0 Å². The lowest BCUT2D eigenvalue weighted by Crippen LogP contribution is -2.28. The van der Waals surface area contributed by atoms with Gasteiger partial charge in [-0.15, -0.1) is 11.3 Å². The van der Waals surface area contributed by atoms with Crippen LogP contribution >= 0.6 is 11.3 Å². The molecule has 1 aromatic heterocycles. The highest BCUT2D eigenvalue weighted by Gasteiger charge is 2.23. The van der Waals surface area contributed by atoms with Crippen molar-refractivity contribution in [2.24, 2.45) is 5.10 Å². The van der Waals surface area contributed by atoms with Gasteiger partial charge in [0.1, 0.15) is 10.7 Å². The second-order valence-electron chi connectivity index (χ2n) is 6.43. The molecule has 4 rings (SSSR count). The summed E-state index contributed by atoms with van der Waals surface area (Å²) >= 11 is 1.23. The van der Waals surface area contributed by atoms with Crippen LogP contribution in [0.4, 0.5) is 4.39 Å². The van der Waals surface area contributed by atoms with Crippen molar-refractivity contribution in [3.05, 3.63) is 83.0 Å². The maximum atomic E-state index is 13.0. The number of rotatable bonds is 5. The van der Waals surface area contributed by atoms with Crippen molar-refractivity contribution in [3.63, 3.8) is 0 Å². The lowest BCUT2D eigenvalue weighted by atomic mass is 10.1. The molecule has 0 fully saturated rings. The van der Waals surface area contributed by atoms with Crippen molar-refractivity contribution >= 4 is 28.9 Å². The molecule has 5 nitrogen and oxygen atoms in total. The summed E-state index contributed by atoms with van der Waals surface area (Å²) in [6.45, 7) is 0.0997. The lowest BCUT2D eigenvalue weighted by molar-refractivity contribution is -0.134. The Morgan fingerprint density at radius 2 is 1.76 bits per heavy atom. The first kappa shape index (κ1) is 19.0. The molecule has 1 aliphatic rings. The Kier molecular flexibility index (Phi) is 5.48. The van der Waals surface area contributed by atoms with Crippen molar-refractivity contribution in [2.45, 2.75) is 6.42 Å². The minimum atomic E-state index is -0.567. The van der Waals surface area contributed by atoms with Crippen LogP contribution in [0.2, 0.25) is 0 Å². The molecule has 0 bridgehead atoms. The van der Waals surface area contributed by atoms with E-state index in [1.165, 1.54) is 28.5 Å². The number of hydrogen-bond acceptors (Lipinski definition) is 5. The van der Waals surface area contributed by atoms with Gasteiger partial charge < -0.3 is 4.74 Å². The molecular formula is C22H17FN2O3S. The normalized spacial score (nSPS) is 13.3. The minimum Gasteiger partial charge on any atom is -0.451 e. The van der Waals surface area contributed by atoms with Crippen LogP contribution in [0.5, 0.6) is 0 Å². The third kappa shape index (κ3) is 4.41. The zero-order chi connectivity index (χ0) is 20.2. The number of esters is 1. The van der Waals surface area contributed by atoms with Gasteiger partial charge in [-0.25, -0.2) is 14.2 Å². The van der Waals surface area contributed by atoms with E-state index in [-0.39, 0.29) is 18.3 Å². The van der Waals surface area contributed by atoms with Gasteiger partial charge in [-0.2, -0.15) is 5.10 Å². The maximum Gasteiger partial charge on any atom is 0.348 e. The van der Waals surface area contributed by atoms with Crippen molar-refractivity contribution in [1.29, 1.82) is 0 Å². The number of hydrazone groups is 1. The van der Waals surface area contributed by atoms with Gasteiger partial charge in [-0.3, -0.25) is 4.79 Å². The molecule has 0 saturated carbocycles. The number of benzene rings is 2. The Balaban J connectivity index is 1.35. The van der Waals surface area contributed by atoms with E-state index in [9.17, 15) is 14.0 Å². The SMILES string of the molecule is O=C(OCC(=O)N1CCC(c2ccccc2)=N1)c1ccc(-c2ccc(F)cc2)s1. The summed E-state index contributed by atoms with van der Waals surface area (Å²) < 4.78 is 18.2. The van der Waals surface area contributed by atoms with E-state index in [0.717, 1.165) is 21.7 Å². The Morgan fingerprint density at radius 3 is 2.52 bits per heavy atom. The molecule has 1 aliphatic heterocycles. The molecule has 0 saturated heterocycles. The van der Waals surface area contributed by atoms with Gasteiger partial charge in [0, 0.05) is 11.3 Å². The van der Waals surface area contributed by atoms with Gasteiger partial charge in [-0.05, 0) is 35.4 Å². The predicted octanol–water partition coefficient (Wildman–Crippen LogP) is 4.35. The number of carbonyl (C=O) groups excluding carboxylic acids is 2. The number of amides is 1. The second kappa shape index (κ2) is 8.36. The largest absolute Gasteiger partial charge is 0.451 e. The molecule has 0 aliphatic carbocycles. The summed E-state index contributed by atoms with van der Waals surface area (Å²) in [5.74, 6) is -1.24. The summed E-state index contributed by atoms with van der Waals surface area (Å²) in [4.78, 5) is 25.8. The van der Waals surface area contributed by atoms with Crippen LogP contribution in [-0.4, -0.2) is 35.7 Å². The predicted molar refractivity (Wildman–Crippen MR) is 109 cm³/mol. The Morgan fingerprint density at radius 1 is 1.00 bits per heavy atom. The standard InChI is InChI=1S/C22H17FN2O3S/c23-17-8-6-16(7-9-17)19-10-11-20(29-19)22(27)28-14-21(26)25-13-12-18(24-25)15-4-2-1-3-5-15/h1-11H,12-14H2. The Bertz CT molecular complexity index is 1060. The van der Waals surface area contributed by atoms with E-state index in [4.69, 9.17) is 4.74 Å². The fourth-order valence-corrected chi connectivity index (χ4v) is 3.87. The topological polar surface area (TPSA) is 59.0 Å². The molecule has 1 amide bonds. The second-order valence-corrected chi connectivity index (χ2v) is 7.51. The van der Waals surface area contributed by atoms with Crippen LogP contribution in [0.25, 0.3) is 10.4 Å². The number of hydrogen-bond donors (Lipinski definition) is 0.